The summed E-state index contributed by atoms with van der Waals surface area (Å²) in [6.45, 7) is 0.934. The second-order valence-corrected chi connectivity index (χ2v) is 4.79. The zero-order chi connectivity index (χ0) is 13.9. The minimum atomic E-state index is 0.0463. The Morgan fingerprint density at radius 2 is 2.10 bits per heavy atom. The maximum atomic E-state index is 5.44. The molecule has 0 aliphatic carbocycles. The van der Waals surface area contributed by atoms with Crippen molar-refractivity contribution >= 4 is 0 Å². The molecule has 1 unspecified atom stereocenters. The van der Waals surface area contributed by atoms with Gasteiger partial charge in [0.25, 0.3) is 0 Å². The van der Waals surface area contributed by atoms with Crippen molar-refractivity contribution in [1.29, 1.82) is 0 Å². The molecule has 3 rings (SSSR count). The Bertz CT molecular complexity index is 613. The van der Waals surface area contributed by atoms with Gasteiger partial charge in [0.1, 0.15) is 17.2 Å². The molecule has 20 heavy (non-hydrogen) atoms. The molecule has 2 heterocycles. The van der Waals surface area contributed by atoms with Crippen LogP contribution in [0.3, 0.4) is 0 Å². The largest absolute Gasteiger partial charge is 0.497 e. The van der Waals surface area contributed by atoms with Crippen molar-refractivity contribution < 1.29 is 9.47 Å². The van der Waals surface area contributed by atoms with E-state index < -0.39 is 0 Å². The Kier molecular flexibility index (Phi) is 3.56. The second-order valence-electron chi connectivity index (χ2n) is 4.79. The van der Waals surface area contributed by atoms with Gasteiger partial charge in [-0.15, -0.1) is 0 Å². The van der Waals surface area contributed by atoms with Gasteiger partial charge in [-0.25, -0.2) is 0 Å². The molecule has 1 aromatic heterocycles. The summed E-state index contributed by atoms with van der Waals surface area (Å²) in [6, 6.07) is 10.1. The number of hydrogen-bond acceptors (Lipinski definition) is 4. The van der Waals surface area contributed by atoms with Crippen LogP contribution < -0.4 is 14.8 Å². The lowest BCUT2D eigenvalue weighted by atomic mass is 9.91. The quantitative estimate of drug-likeness (QED) is 0.929. The highest BCUT2D eigenvalue weighted by Gasteiger charge is 2.25. The SMILES string of the molecule is COc1ccc2c(c1)C(c1ncccc1OC)NCC2. The first-order valence-electron chi connectivity index (χ1n) is 6.72. The minimum absolute atomic E-state index is 0.0463. The standard InChI is InChI=1S/C16H18N2O2/c1-19-12-6-5-11-7-9-18-15(13(11)10-12)16-14(20-2)4-3-8-17-16/h3-6,8,10,15,18H,7,9H2,1-2H3. The van der Waals surface area contributed by atoms with Crippen molar-refractivity contribution in [3.63, 3.8) is 0 Å². The lowest BCUT2D eigenvalue weighted by molar-refractivity contribution is 0.396. The fourth-order valence-corrected chi connectivity index (χ4v) is 2.69. The number of ether oxygens (including phenoxy) is 2. The van der Waals surface area contributed by atoms with Crippen LogP contribution in [-0.4, -0.2) is 25.7 Å². The maximum absolute atomic E-state index is 5.44. The number of pyridine rings is 1. The zero-order valence-corrected chi connectivity index (χ0v) is 11.7. The van der Waals surface area contributed by atoms with Gasteiger partial charge >= 0.3 is 0 Å². The monoisotopic (exact) mass is 270 g/mol. The summed E-state index contributed by atoms with van der Waals surface area (Å²) in [5.74, 6) is 1.67. The van der Waals surface area contributed by atoms with Gasteiger partial charge in [-0.1, -0.05) is 6.07 Å². The lowest BCUT2D eigenvalue weighted by Crippen LogP contribution is -2.31. The van der Waals surface area contributed by atoms with E-state index in [9.17, 15) is 0 Å². The molecule has 0 fully saturated rings. The fraction of sp³-hybridized carbons (Fsp3) is 0.312. The predicted molar refractivity (Wildman–Crippen MR) is 77.3 cm³/mol. The number of aromatic nitrogens is 1. The minimum Gasteiger partial charge on any atom is -0.497 e. The van der Waals surface area contributed by atoms with Crippen LogP contribution in [0.4, 0.5) is 0 Å². The van der Waals surface area contributed by atoms with E-state index in [-0.39, 0.29) is 6.04 Å². The molecule has 1 N–H and O–H groups in total. The van der Waals surface area contributed by atoms with E-state index in [1.165, 1.54) is 11.1 Å². The molecule has 0 amide bonds. The van der Waals surface area contributed by atoms with Crippen LogP contribution in [0.25, 0.3) is 0 Å². The van der Waals surface area contributed by atoms with Gasteiger partial charge in [-0.2, -0.15) is 0 Å². The van der Waals surface area contributed by atoms with E-state index in [2.05, 4.69) is 22.4 Å². The summed E-state index contributed by atoms with van der Waals surface area (Å²) >= 11 is 0. The molecule has 104 valence electrons. The van der Waals surface area contributed by atoms with Gasteiger partial charge < -0.3 is 14.8 Å². The van der Waals surface area contributed by atoms with Crippen LogP contribution in [0.15, 0.2) is 36.5 Å². The lowest BCUT2D eigenvalue weighted by Gasteiger charge is -2.27. The summed E-state index contributed by atoms with van der Waals surface area (Å²) in [7, 11) is 3.37. The van der Waals surface area contributed by atoms with Crippen LogP contribution in [-0.2, 0) is 6.42 Å². The fourth-order valence-electron chi connectivity index (χ4n) is 2.69. The van der Waals surface area contributed by atoms with Crippen molar-refractivity contribution in [3.8, 4) is 11.5 Å². The molecule has 0 spiro atoms. The average Bonchev–Trinajstić information content (AvgIpc) is 2.53. The van der Waals surface area contributed by atoms with Gasteiger partial charge in [0.05, 0.1) is 20.3 Å². The van der Waals surface area contributed by atoms with Gasteiger partial charge in [-0.3, -0.25) is 4.98 Å². The summed E-state index contributed by atoms with van der Waals surface area (Å²) in [5, 5.41) is 3.52. The topological polar surface area (TPSA) is 43.4 Å². The van der Waals surface area contributed by atoms with E-state index >= 15 is 0 Å². The maximum Gasteiger partial charge on any atom is 0.142 e. The highest BCUT2D eigenvalue weighted by Crippen LogP contribution is 2.34. The van der Waals surface area contributed by atoms with Crippen LogP contribution in [0.1, 0.15) is 22.9 Å². The van der Waals surface area contributed by atoms with Crippen molar-refractivity contribution in [2.24, 2.45) is 0 Å². The smallest absolute Gasteiger partial charge is 0.142 e. The van der Waals surface area contributed by atoms with Crippen molar-refractivity contribution in [1.82, 2.24) is 10.3 Å². The second kappa shape index (κ2) is 5.51. The third-order valence-electron chi connectivity index (χ3n) is 3.70. The molecule has 0 saturated heterocycles. The molecule has 1 aliphatic heterocycles. The van der Waals surface area contributed by atoms with E-state index in [4.69, 9.17) is 9.47 Å². The summed E-state index contributed by atoms with van der Waals surface area (Å²) in [5.41, 5.74) is 3.47. The molecule has 1 aromatic carbocycles. The molecular formula is C16H18N2O2. The number of nitrogens with zero attached hydrogens (tertiary/aromatic N) is 1. The first-order chi connectivity index (χ1) is 9.83. The van der Waals surface area contributed by atoms with E-state index in [0.29, 0.717) is 0 Å². The van der Waals surface area contributed by atoms with E-state index in [1.807, 2.05) is 18.2 Å². The first kappa shape index (κ1) is 12.9. The van der Waals surface area contributed by atoms with Crippen molar-refractivity contribution in [2.75, 3.05) is 20.8 Å². The molecule has 1 atom stereocenters. The number of rotatable bonds is 3. The molecule has 0 radical (unpaired) electrons. The third kappa shape index (κ3) is 2.23. The Labute approximate surface area is 118 Å². The average molecular weight is 270 g/mol. The normalized spacial score (nSPS) is 17.4. The van der Waals surface area contributed by atoms with Gasteiger partial charge in [-0.05, 0) is 41.8 Å². The molecule has 2 aromatic rings. The summed E-state index contributed by atoms with van der Waals surface area (Å²) in [6.07, 6.45) is 2.82. The highest BCUT2D eigenvalue weighted by atomic mass is 16.5. The molecule has 0 bridgehead atoms. The number of benzene rings is 1. The molecule has 4 heteroatoms. The van der Waals surface area contributed by atoms with Crippen molar-refractivity contribution in [2.45, 2.75) is 12.5 Å². The van der Waals surface area contributed by atoms with Crippen LogP contribution in [0.2, 0.25) is 0 Å². The first-order valence-corrected chi connectivity index (χ1v) is 6.72. The molecule has 0 saturated carbocycles. The van der Waals surface area contributed by atoms with E-state index in [0.717, 1.165) is 30.2 Å². The number of fused-ring (bicyclic) bond motifs is 1. The predicted octanol–water partition coefficient (Wildman–Crippen LogP) is 2.33. The Morgan fingerprint density at radius 1 is 1.20 bits per heavy atom. The van der Waals surface area contributed by atoms with Crippen LogP contribution in [0.5, 0.6) is 11.5 Å². The van der Waals surface area contributed by atoms with Gasteiger partial charge in [0.15, 0.2) is 0 Å². The number of hydrogen-bond donors (Lipinski definition) is 1. The van der Waals surface area contributed by atoms with Gasteiger partial charge in [0.2, 0.25) is 0 Å². The number of nitrogens with one attached hydrogen (secondary N) is 1. The Balaban J connectivity index is 2.09. The van der Waals surface area contributed by atoms with Gasteiger partial charge in [0, 0.05) is 12.7 Å². The Morgan fingerprint density at radius 3 is 2.90 bits per heavy atom. The molecular weight excluding hydrogens is 252 g/mol. The van der Waals surface area contributed by atoms with Crippen LogP contribution in [0, 0.1) is 0 Å². The zero-order valence-electron chi connectivity index (χ0n) is 11.7. The summed E-state index contributed by atoms with van der Waals surface area (Å²) in [4.78, 5) is 4.50. The highest BCUT2D eigenvalue weighted by molar-refractivity contribution is 5.45. The third-order valence-corrected chi connectivity index (χ3v) is 3.70. The summed E-state index contributed by atoms with van der Waals surface area (Å²) < 4.78 is 10.8. The molecule has 4 nitrogen and oxygen atoms in total. The van der Waals surface area contributed by atoms with Crippen LogP contribution >= 0.6 is 0 Å². The van der Waals surface area contributed by atoms with Crippen molar-refractivity contribution in [3.05, 3.63) is 53.3 Å². The Hall–Kier alpha value is -2.07. The molecule has 1 aliphatic rings. The number of methoxy groups -OCH3 is 2. The van der Waals surface area contributed by atoms with E-state index in [1.54, 1.807) is 20.4 Å².